The number of amides is 1. The van der Waals surface area contributed by atoms with Crippen LogP contribution >= 0.6 is 0 Å². The van der Waals surface area contributed by atoms with Crippen LogP contribution < -0.4 is 16.6 Å². The number of H-pyrrole nitrogens is 1. The predicted molar refractivity (Wildman–Crippen MR) is 70.8 cm³/mol. The lowest BCUT2D eigenvalue weighted by Gasteiger charge is -2.15. The number of aromatic nitrogens is 2. The standard InChI is InChI=1S/C12H14F3N3O6/c13-12(14,15)10(22)16-2-5-3-18(11(23)17-9(5)21)8-1-6(20)7(4-19)24-8/h3,6-8,19-20H,1-2,4H2,(H,16,22)(H,17,21,23). The molecule has 0 bridgehead atoms. The van der Waals surface area contributed by atoms with Crippen molar-refractivity contribution in [3.8, 4) is 0 Å². The van der Waals surface area contributed by atoms with Crippen molar-refractivity contribution in [1.82, 2.24) is 14.9 Å². The van der Waals surface area contributed by atoms with Crippen molar-refractivity contribution in [2.75, 3.05) is 6.61 Å². The molecule has 0 radical (unpaired) electrons. The molecule has 1 amide bonds. The molecule has 1 aliphatic rings. The summed E-state index contributed by atoms with van der Waals surface area (Å²) in [6, 6.07) is 0. The van der Waals surface area contributed by atoms with Crippen molar-refractivity contribution >= 4 is 5.91 Å². The van der Waals surface area contributed by atoms with E-state index in [2.05, 4.69) is 0 Å². The van der Waals surface area contributed by atoms with E-state index in [-0.39, 0.29) is 12.0 Å². The zero-order chi connectivity index (χ0) is 18.1. The number of aliphatic hydroxyl groups excluding tert-OH is 2. The molecule has 1 aromatic heterocycles. The number of hydrogen-bond acceptors (Lipinski definition) is 6. The topological polar surface area (TPSA) is 134 Å². The molecule has 0 aliphatic carbocycles. The number of rotatable bonds is 4. The van der Waals surface area contributed by atoms with Crippen molar-refractivity contribution < 1.29 is 32.9 Å². The van der Waals surface area contributed by atoms with Crippen LogP contribution in [0, 0.1) is 0 Å². The van der Waals surface area contributed by atoms with Crippen LogP contribution in [0.15, 0.2) is 15.8 Å². The summed E-state index contributed by atoms with van der Waals surface area (Å²) in [6.45, 7) is -1.25. The molecular weight excluding hydrogens is 339 g/mol. The summed E-state index contributed by atoms with van der Waals surface area (Å²) in [7, 11) is 0. The molecule has 0 aromatic carbocycles. The fourth-order valence-electron chi connectivity index (χ4n) is 2.19. The van der Waals surface area contributed by atoms with E-state index in [1.54, 1.807) is 0 Å². The molecule has 1 aromatic rings. The monoisotopic (exact) mass is 353 g/mol. The maximum absolute atomic E-state index is 12.1. The van der Waals surface area contributed by atoms with Gasteiger partial charge in [-0.2, -0.15) is 13.2 Å². The molecule has 3 atom stereocenters. The fraction of sp³-hybridized carbons (Fsp3) is 0.583. The number of carbonyl (C=O) groups excluding carboxylic acids is 1. The van der Waals surface area contributed by atoms with E-state index in [0.717, 1.165) is 10.8 Å². The fourth-order valence-corrected chi connectivity index (χ4v) is 2.19. The number of alkyl halides is 3. The van der Waals surface area contributed by atoms with Crippen LogP contribution in [0.1, 0.15) is 18.2 Å². The van der Waals surface area contributed by atoms with Crippen LogP contribution in [0.3, 0.4) is 0 Å². The molecule has 24 heavy (non-hydrogen) atoms. The Balaban J connectivity index is 2.22. The molecule has 4 N–H and O–H groups in total. The first-order chi connectivity index (χ1) is 11.1. The minimum atomic E-state index is -5.10. The first kappa shape index (κ1) is 18.2. The molecule has 0 spiro atoms. The van der Waals surface area contributed by atoms with E-state index < -0.39 is 54.9 Å². The van der Waals surface area contributed by atoms with Crippen LogP contribution in [0.25, 0.3) is 0 Å². The number of nitrogens with zero attached hydrogens (tertiary/aromatic N) is 1. The Hall–Kier alpha value is -2.18. The maximum Gasteiger partial charge on any atom is 0.471 e. The van der Waals surface area contributed by atoms with E-state index in [1.165, 1.54) is 5.32 Å². The quantitative estimate of drug-likeness (QED) is 0.513. The van der Waals surface area contributed by atoms with Crippen molar-refractivity contribution in [3.63, 3.8) is 0 Å². The summed E-state index contributed by atoms with van der Waals surface area (Å²) in [4.78, 5) is 36.1. The zero-order valence-electron chi connectivity index (χ0n) is 12.0. The molecule has 1 fully saturated rings. The van der Waals surface area contributed by atoms with Crippen LogP contribution in [0.5, 0.6) is 0 Å². The van der Waals surface area contributed by atoms with Crippen molar-refractivity contribution in [2.45, 2.75) is 37.6 Å². The Labute approximate surface area is 131 Å². The largest absolute Gasteiger partial charge is 0.471 e. The second kappa shape index (κ2) is 6.75. The third-order valence-electron chi connectivity index (χ3n) is 3.43. The van der Waals surface area contributed by atoms with Crippen molar-refractivity contribution in [2.24, 2.45) is 0 Å². The van der Waals surface area contributed by atoms with Crippen LogP contribution in [-0.4, -0.2) is 50.7 Å². The van der Waals surface area contributed by atoms with Gasteiger partial charge in [-0.3, -0.25) is 19.1 Å². The molecular formula is C12H14F3N3O6. The van der Waals surface area contributed by atoms with Gasteiger partial charge in [-0.15, -0.1) is 0 Å². The maximum atomic E-state index is 12.1. The molecule has 2 rings (SSSR count). The molecule has 9 nitrogen and oxygen atoms in total. The smallest absolute Gasteiger partial charge is 0.394 e. The van der Waals surface area contributed by atoms with Gasteiger partial charge in [-0.05, 0) is 0 Å². The lowest BCUT2D eigenvalue weighted by atomic mass is 10.2. The van der Waals surface area contributed by atoms with Gasteiger partial charge in [0.15, 0.2) is 0 Å². The highest BCUT2D eigenvalue weighted by atomic mass is 19.4. The molecule has 3 unspecified atom stereocenters. The van der Waals surface area contributed by atoms with Gasteiger partial charge in [0, 0.05) is 19.2 Å². The van der Waals surface area contributed by atoms with Gasteiger partial charge < -0.3 is 20.3 Å². The second-order valence-corrected chi connectivity index (χ2v) is 5.12. The highest BCUT2D eigenvalue weighted by Gasteiger charge is 2.38. The van der Waals surface area contributed by atoms with Crippen LogP contribution in [0.4, 0.5) is 13.2 Å². The summed E-state index contributed by atoms with van der Waals surface area (Å²) in [5, 5.41) is 20.2. The first-order valence-corrected chi connectivity index (χ1v) is 6.77. The molecule has 0 saturated carbocycles. The number of nitrogens with one attached hydrogen (secondary N) is 2. The van der Waals surface area contributed by atoms with Gasteiger partial charge in [0.1, 0.15) is 12.3 Å². The molecule has 1 aliphatic heterocycles. The first-order valence-electron chi connectivity index (χ1n) is 6.77. The van der Waals surface area contributed by atoms with Gasteiger partial charge >= 0.3 is 17.8 Å². The van der Waals surface area contributed by atoms with Gasteiger partial charge in [-0.1, -0.05) is 0 Å². The van der Waals surface area contributed by atoms with E-state index in [9.17, 15) is 32.7 Å². The van der Waals surface area contributed by atoms with E-state index >= 15 is 0 Å². The van der Waals surface area contributed by atoms with E-state index in [4.69, 9.17) is 9.84 Å². The predicted octanol–water partition coefficient (Wildman–Crippen LogP) is -1.64. The number of aliphatic hydroxyl groups is 2. The van der Waals surface area contributed by atoms with E-state index in [1.807, 2.05) is 4.98 Å². The minimum absolute atomic E-state index is 0.0640. The Morgan fingerprint density at radius 3 is 2.67 bits per heavy atom. The van der Waals surface area contributed by atoms with Crippen molar-refractivity contribution in [3.05, 3.63) is 32.6 Å². The van der Waals surface area contributed by atoms with Crippen LogP contribution in [-0.2, 0) is 16.1 Å². The number of carbonyl (C=O) groups is 1. The second-order valence-electron chi connectivity index (χ2n) is 5.12. The zero-order valence-corrected chi connectivity index (χ0v) is 12.0. The SMILES string of the molecule is O=C(NCc1cn(C2CC(O)C(CO)O2)c(=O)[nH]c1=O)C(F)(F)F. The Bertz CT molecular complexity index is 728. The van der Waals surface area contributed by atoms with Gasteiger partial charge in [0.05, 0.1) is 18.3 Å². The summed E-state index contributed by atoms with van der Waals surface area (Å²) in [5.41, 5.74) is -2.17. The highest BCUT2D eigenvalue weighted by Crippen LogP contribution is 2.27. The average Bonchev–Trinajstić information content (AvgIpc) is 2.85. The van der Waals surface area contributed by atoms with E-state index in [0.29, 0.717) is 0 Å². The molecule has 12 heteroatoms. The third kappa shape index (κ3) is 3.83. The normalized spacial score (nSPS) is 24.1. The molecule has 1 saturated heterocycles. The van der Waals surface area contributed by atoms with Gasteiger partial charge in [0.25, 0.3) is 5.56 Å². The molecule has 2 heterocycles. The molecule has 134 valence electrons. The Morgan fingerprint density at radius 1 is 1.46 bits per heavy atom. The lowest BCUT2D eigenvalue weighted by molar-refractivity contribution is -0.173. The summed E-state index contributed by atoms with van der Waals surface area (Å²) >= 11 is 0. The number of aromatic amines is 1. The number of hydrogen-bond donors (Lipinski definition) is 4. The average molecular weight is 353 g/mol. The highest BCUT2D eigenvalue weighted by molar-refractivity contribution is 5.81. The third-order valence-corrected chi connectivity index (χ3v) is 3.43. The Morgan fingerprint density at radius 2 is 2.12 bits per heavy atom. The Kier molecular flexibility index (Phi) is 5.11. The summed E-state index contributed by atoms with van der Waals surface area (Å²) < 4.78 is 42.5. The van der Waals surface area contributed by atoms with Gasteiger partial charge in [0.2, 0.25) is 0 Å². The summed E-state index contributed by atoms with van der Waals surface area (Å²) in [5.74, 6) is -2.23. The number of halogens is 3. The lowest BCUT2D eigenvalue weighted by Crippen LogP contribution is -2.40. The van der Waals surface area contributed by atoms with Crippen LogP contribution in [0.2, 0.25) is 0 Å². The van der Waals surface area contributed by atoms with Gasteiger partial charge in [-0.25, -0.2) is 4.79 Å². The summed E-state index contributed by atoms with van der Waals surface area (Å²) in [6.07, 6.45) is -7.22. The minimum Gasteiger partial charge on any atom is -0.394 e. The number of ether oxygens (including phenoxy) is 1. The van der Waals surface area contributed by atoms with Crippen molar-refractivity contribution in [1.29, 1.82) is 0 Å².